The van der Waals surface area contributed by atoms with Crippen LogP contribution in [0, 0.1) is 12.7 Å². The maximum Gasteiger partial charge on any atom is 0.314 e. The van der Waals surface area contributed by atoms with Crippen molar-refractivity contribution in [2.75, 3.05) is 7.11 Å². The number of ether oxygens (including phenoxy) is 1. The molecule has 1 fully saturated rings. The minimum atomic E-state index is -0.913. The molecule has 1 saturated carbocycles. The Labute approximate surface area is 106 Å². The van der Waals surface area contributed by atoms with Crippen LogP contribution in [-0.2, 0) is 10.2 Å². The molecule has 0 heterocycles. The molecule has 2 rings (SSSR count). The van der Waals surface area contributed by atoms with Gasteiger partial charge in [-0.1, -0.05) is 18.9 Å². The molecule has 1 aromatic carbocycles. The summed E-state index contributed by atoms with van der Waals surface area (Å²) in [6, 6.07) is 2.89. The number of hydrogen-bond donors (Lipinski definition) is 1. The average Bonchev–Trinajstić information content (AvgIpc) is 2.82. The highest BCUT2D eigenvalue weighted by atomic mass is 19.1. The average molecular weight is 252 g/mol. The molecule has 4 heteroatoms. The van der Waals surface area contributed by atoms with Crippen molar-refractivity contribution < 1.29 is 19.0 Å². The van der Waals surface area contributed by atoms with Crippen molar-refractivity contribution in [3.8, 4) is 5.75 Å². The van der Waals surface area contributed by atoms with E-state index in [1.54, 1.807) is 13.0 Å². The predicted octanol–water partition coefficient (Wildman–Crippen LogP) is 3.04. The standard InChI is InChI=1S/C14H17FO3/c1-9-11(15)6-5-10(12(9)18-2)14(13(16)17)7-3-4-8-14/h5-6H,3-4,7-8H2,1-2H3,(H,16,17). The monoisotopic (exact) mass is 252 g/mol. The van der Waals surface area contributed by atoms with E-state index in [2.05, 4.69) is 0 Å². The van der Waals surface area contributed by atoms with Gasteiger partial charge in [0.05, 0.1) is 12.5 Å². The summed E-state index contributed by atoms with van der Waals surface area (Å²) in [5, 5.41) is 9.55. The number of carbonyl (C=O) groups is 1. The third-order valence-electron chi connectivity index (χ3n) is 3.93. The van der Waals surface area contributed by atoms with Crippen LogP contribution in [0.2, 0.25) is 0 Å². The molecule has 1 aromatic rings. The van der Waals surface area contributed by atoms with Crippen LogP contribution in [0.4, 0.5) is 4.39 Å². The van der Waals surface area contributed by atoms with Crippen molar-refractivity contribution in [3.63, 3.8) is 0 Å². The first kappa shape index (κ1) is 12.9. The van der Waals surface area contributed by atoms with Crippen LogP contribution >= 0.6 is 0 Å². The molecule has 1 N–H and O–H groups in total. The lowest BCUT2D eigenvalue weighted by Gasteiger charge is -2.27. The second-order valence-electron chi connectivity index (χ2n) is 4.85. The summed E-state index contributed by atoms with van der Waals surface area (Å²) >= 11 is 0. The molecule has 18 heavy (non-hydrogen) atoms. The molecule has 0 aliphatic heterocycles. The van der Waals surface area contributed by atoms with Crippen LogP contribution < -0.4 is 4.74 Å². The second kappa shape index (κ2) is 4.59. The topological polar surface area (TPSA) is 46.5 Å². The van der Waals surface area contributed by atoms with E-state index >= 15 is 0 Å². The Balaban J connectivity index is 2.62. The number of aliphatic carboxylic acids is 1. The third kappa shape index (κ3) is 1.76. The summed E-state index contributed by atoms with van der Waals surface area (Å²) in [4.78, 5) is 11.6. The van der Waals surface area contributed by atoms with Crippen LogP contribution in [0.3, 0.4) is 0 Å². The first-order valence-corrected chi connectivity index (χ1v) is 6.10. The molecular weight excluding hydrogens is 235 g/mol. The quantitative estimate of drug-likeness (QED) is 0.899. The minimum absolute atomic E-state index is 0.367. The Morgan fingerprint density at radius 1 is 1.39 bits per heavy atom. The van der Waals surface area contributed by atoms with Gasteiger partial charge in [0.15, 0.2) is 0 Å². The number of carboxylic acids is 1. The second-order valence-corrected chi connectivity index (χ2v) is 4.85. The smallest absolute Gasteiger partial charge is 0.314 e. The first-order chi connectivity index (χ1) is 8.53. The fourth-order valence-corrected chi connectivity index (χ4v) is 2.88. The van der Waals surface area contributed by atoms with Crippen molar-refractivity contribution in [2.45, 2.75) is 38.0 Å². The van der Waals surface area contributed by atoms with E-state index in [1.165, 1.54) is 13.2 Å². The zero-order valence-corrected chi connectivity index (χ0v) is 10.6. The van der Waals surface area contributed by atoms with E-state index in [0.717, 1.165) is 12.8 Å². The summed E-state index contributed by atoms with van der Waals surface area (Å²) in [6.45, 7) is 1.61. The van der Waals surface area contributed by atoms with Gasteiger partial charge < -0.3 is 9.84 Å². The van der Waals surface area contributed by atoms with Crippen LogP contribution in [0.25, 0.3) is 0 Å². The fourth-order valence-electron chi connectivity index (χ4n) is 2.88. The highest BCUT2D eigenvalue weighted by molar-refractivity contribution is 5.83. The maximum atomic E-state index is 13.5. The molecule has 0 unspecified atom stereocenters. The largest absolute Gasteiger partial charge is 0.496 e. The van der Waals surface area contributed by atoms with Gasteiger partial charge in [0, 0.05) is 11.1 Å². The van der Waals surface area contributed by atoms with Gasteiger partial charge in [0.2, 0.25) is 0 Å². The van der Waals surface area contributed by atoms with E-state index in [9.17, 15) is 14.3 Å². The lowest BCUT2D eigenvalue weighted by Crippen LogP contribution is -2.33. The summed E-state index contributed by atoms with van der Waals surface area (Å²) < 4.78 is 18.8. The van der Waals surface area contributed by atoms with Crippen molar-refractivity contribution in [2.24, 2.45) is 0 Å². The van der Waals surface area contributed by atoms with Crippen LogP contribution in [0.15, 0.2) is 12.1 Å². The molecule has 98 valence electrons. The first-order valence-electron chi connectivity index (χ1n) is 6.10. The molecule has 0 bridgehead atoms. The molecule has 0 spiro atoms. The molecule has 1 aliphatic rings. The lowest BCUT2D eigenvalue weighted by atomic mass is 9.77. The van der Waals surface area contributed by atoms with Gasteiger partial charge in [-0.05, 0) is 25.8 Å². The number of rotatable bonds is 3. The molecule has 0 amide bonds. The normalized spacial score (nSPS) is 17.7. The molecule has 0 atom stereocenters. The van der Waals surface area contributed by atoms with E-state index < -0.39 is 11.4 Å². The molecule has 0 aromatic heterocycles. The minimum Gasteiger partial charge on any atom is -0.496 e. The molecule has 1 aliphatic carbocycles. The number of halogens is 1. The molecule has 0 saturated heterocycles. The van der Waals surface area contributed by atoms with Gasteiger partial charge in [-0.25, -0.2) is 4.39 Å². The van der Waals surface area contributed by atoms with Crippen molar-refractivity contribution in [1.82, 2.24) is 0 Å². The van der Waals surface area contributed by atoms with Crippen LogP contribution in [0.1, 0.15) is 36.8 Å². The van der Waals surface area contributed by atoms with Crippen molar-refractivity contribution in [1.29, 1.82) is 0 Å². The lowest BCUT2D eigenvalue weighted by molar-refractivity contribution is -0.143. The van der Waals surface area contributed by atoms with Gasteiger partial charge in [0.1, 0.15) is 11.6 Å². The van der Waals surface area contributed by atoms with Gasteiger partial charge in [0.25, 0.3) is 0 Å². The van der Waals surface area contributed by atoms with Gasteiger partial charge in [-0.3, -0.25) is 4.79 Å². The van der Waals surface area contributed by atoms with Crippen LogP contribution in [0.5, 0.6) is 5.75 Å². The van der Waals surface area contributed by atoms with E-state index in [4.69, 9.17) is 4.74 Å². The summed E-state index contributed by atoms with van der Waals surface area (Å²) in [5.74, 6) is -0.835. The fraction of sp³-hybridized carbons (Fsp3) is 0.500. The summed E-state index contributed by atoms with van der Waals surface area (Å²) in [5.41, 5.74) is 0.0699. The number of methoxy groups -OCH3 is 1. The van der Waals surface area contributed by atoms with Crippen molar-refractivity contribution in [3.05, 3.63) is 29.1 Å². The molecule has 3 nitrogen and oxygen atoms in total. The Morgan fingerprint density at radius 2 is 2.00 bits per heavy atom. The maximum absolute atomic E-state index is 13.5. The number of benzene rings is 1. The Morgan fingerprint density at radius 3 is 2.50 bits per heavy atom. The zero-order chi connectivity index (χ0) is 13.3. The third-order valence-corrected chi connectivity index (χ3v) is 3.93. The predicted molar refractivity (Wildman–Crippen MR) is 65.5 cm³/mol. The van der Waals surface area contributed by atoms with Gasteiger partial charge in [-0.2, -0.15) is 0 Å². The highest BCUT2D eigenvalue weighted by Gasteiger charge is 2.45. The summed E-state index contributed by atoms with van der Waals surface area (Å²) in [6.07, 6.45) is 2.94. The Bertz CT molecular complexity index is 476. The Hall–Kier alpha value is -1.58. The van der Waals surface area contributed by atoms with Crippen LogP contribution in [-0.4, -0.2) is 18.2 Å². The zero-order valence-electron chi connectivity index (χ0n) is 10.6. The van der Waals surface area contributed by atoms with E-state index in [-0.39, 0.29) is 5.82 Å². The summed E-state index contributed by atoms with van der Waals surface area (Å²) in [7, 11) is 1.45. The van der Waals surface area contributed by atoms with Gasteiger partial charge in [-0.15, -0.1) is 0 Å². The van der Waals surface area contributed by atoms with E-state index in [0.29, 0.717) is 29.7 Å². The molecule has 0 radical (unpaired) electrons. The van der Waals surface area contributed by atoms with Crippen molar-refractivity contribution >= 4 is 5.97 Å². The SMILES string of the molecule is COc1c(C2(C(=O)O)CCCC2)ccc(F)c1C. The van der Waals surface area contributed by atoms with Gasteiger partial charge >= 0.3 is 5.97 Å². The number of hydrogen-bond acceptors (Lipinski definition) is 2. The van der Waals surface area contributed by atoms with E-state index in [1.807, 2.05) is 0 Å². The molecular formula is C14H17FO3. The highest BCUT2D eigenvalue weighted by Crippen LogP contribution is 2.46. The Kier molecular flexibility index (Phi) is 3.28. The number of carboxylic acid groups (broad SMARTS) is 1.